The molecule has 2 atom stereocenters. The fourth-order valence-corrected chi connectivity index (χ4v) is 3.09. The Morgan fingerprint density at radius 1 is 1.50 bits per heavy atom. The number of nitrogens with one attached hydrogen (secondary N) is 1. The second kappa shape index (κ2) is 8.70. The third kappa shape index (κ3) is 4.72. The minimum atomic E-state index is -0.127. The number of aromatic nitrogens is 2. The van der Waals surface area contributed by atoms with Crippen LogP contribution in [-0.2, 0) is 23.0 Å². The maximum absolute atomic E-state index is 11.9. The van der Waals surface area contributed by atoms with E-state index in [4.69, 9.17) is 9.73 Å². The molecule has 1 aromatic rings. The Kier molecular flexibility index (Phi) is 6.63. The lowest BCUT2D eigenvalue weighted by molar-refractivity contribution is -0.145. The van der Waals surface area contributed by atoms with Gasteiger partial charge in [0.15, 0.2) is 5.96 Å². The van der Waals surface area contributed by atoms with E-state index in [0.29, 0.717) is 6.54 Å². The van der Waals surface area contributed by atoms with Crippen molar-refractivity contribution in [1.29, 1.82) is 0 Å². The predicted molar refractivity (Wildman–Crippen MR) is 93.8 cm³/mol. The first-order valence-corrected chi connectivity index (χ1v) is 8.63. The van der Waals surface area contributed by atoms with Gasteiger partial charge in [-0.2, -0.15) is 5.10 Å². The topological polar surface area (TPSA) is 71.8 Å². The van der Waals surface area contributed by atoms with Crippen LogP contribution in [0.15, 0.2) is 17.4 Å². The molecule has 1 saturated heterocycles. The number of likely N-dealkylation sites (tertiary alicyclic amines) is 1. The number of nitrogens with zero attached hydrogens (tertiary/aromatic N) is 4. The summed E-state index contributed by atoms with van der Waals surface area (Å²) in [6.45, 7) is 7.21. The van der Waals surface area contributed by atoms with Crippen LogP contribution in [0.3, 0.4) is 0 Å². The number of guanidine groups is 1. The van der Waals surface area contributed by atoms with Crippen LogP contribution in [0.5, 0.6) is 0 Å². The van der Waals surface area contributed by atoms with Crippen LogP contribution in [0.2, 0.25) is 0 Å². The van der Waals surface area contributed by atoms with Crippen molar-refractivity contribution in [2.75, 3.05) is 33.3 Å². The van der Waals surface area contributed by atoms with Crippen molar-refractivity contribution in [3.63, 3.8) is 0 Å². The van der Waals surface area contributed by atoms with Gasteiger partial charge in [0, 0.05) is 39.4 Å². The molecule has 7 nitrogen and oxygen atoms in total. The number of carbonyl (C=O) groups excluding carboxylic acids is 1. The zero-order valence-corrected chi connectivity index (χ0v) is 15.2. The SMILES string of the molecule is CCNC(=NCCCc1cnn(C)c1)N1CC(C)C(C(=O)OC)C1. The molecule has 7 heteroatoms. The molecule has 1 fully saturated rings. The first-order valence-electron chi connectivity index (χ1n) is 8.63. The maximum atomic E-state index is 11.9. The lowest BCUT2D eigenvalue weighted by Crippen LogP contribution is -2.40. The molecule has 0 spiro atoms. The minimum absolute atomic E-state index is 0.0748. The summed E-state index contributed by atoms with van der Waals surface area (Å²) >= 11 is 0. The molecule has 0 bridgehead atoms. The van der Waals surface area contributed by atoms with E-state index < -0.39 is 0 Å². The summed E-state index contributed by atoms with van der Waals surface area (Å²) in [4.78, 5) is 18.7. The van der Waals surface area contributed by atoms with E-state index in [-0.39, 0.29) is 17.8 Å². The Bertz CT molecular complexity index is 569. The number of ether oxygens (including phenoxy) is 1. The number of hydrogen-bond acceptors (Lipinski definition) is 4. The smallest absolute Gasteiger partial charge is 0.310 e. The summed E-state index contributed by atoms with van der Waals surface area (Å²) in [5.74, 6) is 0.963. The monoisotopic (exact) mass is 335 g/mol. The Labute approximate surface area is 144 Å². The summed E-state index contributed by atoms with van der Waals surface area (Å²) < 4.78 is 6.73. The highest BCUT2D eigenvalue weighted by Crippen LogP contribution is 2.24. The number of aryl methyl sites for hydroxylation is 2. The molecule has 2 heterocycles. The van der Waals surface area contributed by atoms with Gasteiger partial charge in [-0.15, -0.1) is 0 Å². The minimum Gasteiger partial charge on any atom is -0.469 e. The summed E-state index contributed by atoms with van der Waals surface area (Å²) in [6.07, 6.45) is 5.89. The van der Waals surface area contributed by atoms with Gasteiger partial charge in [-0.25, -0.2) is 0 Å². The molecule has 0 amide bonds. The van der Waals surface area contributed by atoms with Crippen LogP contribution < -0.4 is 5.32 Å². The van der Waals surface area contributed by atoms with E-state index in [0.717, 1.165) is 38.4 Å². The number of rotatable bonds is 6. The zero-order valence-electron chi connectivity index (χ0n) is 15.2. The van der Waals surface area contributed by atoms with Gasteiger partial charge < -0.3 is 15.0 Å². The van der Waals surface area contributed by atoms with E-state index >= 15 is 0 Å². The fraction of sp³-hybridized carbons (Fsp3) is 0.706. The van der Waals surface area contributed by atoms with Crippen LogP contribution in [0.25, 0.3) is 0 Å². The third-order valence-corrected chi connectivity index (χ3v) is 4.39. The molecule has 1 aliphatic rings. The second-order valence-electron chi connectivity index (χ2n) is 6.37. The van der Waals surface area contributed by atoms with Gasteiger partial charge >= 0.3 is 5.97 Å². The number of aliphatic imine (C=N–C) groups is 1. The molecule has 24 heavy (non-hydrogen) atoms. The van der Waals surface area contributed by atoms with Crippen molar-refractivity contribution in [3.05, 3.63) is 18.0 Å². The average Bonchev–Trinajstić information content (AvgIpc) is 3.15. The molecule has 2 rings (SSSR count). The first kappa shape index (κ1) is 18.3. The average molecular weight is 335 g/mol. The largest absolute Gasteiger partial charge is 0.469 e. The molecule has 134 valence electrons. The molecule has 2 unspecified atom stereocenters. The van der Waals surface area contributed by atoms with Gasteiger partial charge in [-0.3, -0.25) is 14.5 Å². The summed E-state index contributed by atoms with van der Waals surface area (Å²) in [5, 5.41) is 7.51. The van der Waals surface area contributed by atoms with E-state index in [9.17, 15) is 4.79 Å². The Morgan fingerprint density at radius 3 is 2.92 bits per heavy atom. The summed E-state index contributed by atoms with van der Waals surface area (Å²) in [7, 11) is 3.38. The van der Waals surface area contributed by atoms with Crippen molar-refractivity contribution in [3.8, 4) is 0 Å². The number of hydrogen-bond donors (Lipinski definition) is 1. The van der Waals surface area contributed by atoms with E-state index in [1.165, 1.54) is 12.7 Å². The van der Waals surface area contributed by atoms with Crippen LogP contribution in [0.4, 0.5) is 0 Å². The lowest BCUT2D eigenvalue weighted by atomic mass is 9.99. The third-order valence-electron chi connectivity index (χ3n) is 4.39. The van der Waals surface area contributed by atoms with Crippen molar-refractivity contribution >= 4 is 11.9 Å². The van der Waals surface area contributed by atoms with Gasteiger partial charge in [0.2, 0.25) is 0 Å². The van der Waals surface area contributed by atoms with Crippen LogP contribution in [0.1, 0.15) is 25.8 Å². The number of carbonyl (C=O) groups is 1. The molecule has 1 aromatic heterocycles. The fourth-order valence-electron chi connectivity index (χ4n) is 3.09. The molecule has 1 aliphatic heterocycles. The second-order valence-corrected chi connectivity index (χ2v) is 6.37. The number of methoxy groups -OCH3 is 1. The highest BCUT2D eigenvalue weighted by atomic mass is 16.5. The molecule has 0 aliphatic carbocycles. The van der Waals surface area contributed by atoms with Gasteiger partial charge in [-0.05, 0) is 31.2 Å². The lowest BCUT2D eigenvalue weighted by Gasteiger charge is -2.21. The molecule has 0 saturated carbocycles. The maximum Gasteiger partial charge on any atom is 0.310 e. The van der Waals surface area contributed by atoms with E-state index in [1.807, 2.05) is 24.1 Å². The highest BCUT2D eigenvalue weighted by molar-refractivity contribution is 5.82. The standard InChI is InChI=1S/C17H29N5O2/c1-5-18-17(19-8-6-7-14-9-20-21(3)11-14)22-10-13(2)15(12-22)16(23)24-4/h9,11,13,15H,5-8,10,12H2,1-4H3,(H,18,19). The predicted octanol–water partition coefficient (Wildman–Crippen LogP) is 1.06. The van der Waals surface area contributed by atoms with Crippen molar-refractivity contribution < 1.29 is 9.53 Å². The van der Waals surface area contributed by atoms with E-state index in [2.05, 4.69) is 29.2 Å². The van der Waals surface area contributed by atoms with Gasteiger partial charge in [0.1, 0.15) is 0 Å². The molecular weight excluding hydrogens is 306 g/mol. The van der Waals surface area contributed by atoms with Gasteiger partial charge in [-0.1, -0.05) is 6.92 Å². The Morgan fingerprint density at radius 2 is 2.29 bits per heavy atom. The van der Waals surface area contributed by atoms with Crippen LogP contribution in [0, 0.1) is 11.8 Å². The molecular formula is C17H29N5O2. The summed E-state index contributed by atoms with van der Waals surface area (Å²) in [6, 6.07) is 0. The van der Waals surface area contributed by atoms with Crippen LogP contribution >= 0.6 is 0 Å². The normalized spacial score (nSPS) is 21.2. The van der Waals surface area contributed by atoms with Crippen molar-refractivity contribution in [2.45, 2.75) is 26.7 Å². The quantitative estimate of drug-likeness (QED) is 0.364. The summed E-state index contributed by atoms with van der Waals surface area (Å²) in [5.41, 5.74) is 1.23. The first-order chi connectivity index (χ1) is 11.5. The molecule has 1 N–H and O–H groups in total. The van der Waals surface area contributed by atoms with Gasteiger partial charge in [0.25, 0.3) is 0 Å². The number of esters is 1. The zero-order chi connectivity index (χ0) is 17.5. The van der Waals surface area contributed by atoms with Crippen molar-refractivity contribution in [1.82, 2.24) is 20.0 Å². The van der Waals surface area contributed by atoms with E-state index in [1.54, 1.807) is 0 Å². The highest BCUT2D eigenvalue weighted by Gasteiger charge is 2.36. The Balaban J connectivity index is 1.89. The Hall–Kier alpha value is -2.05. The van der Waals surface area contributed by atoms with Gasteiger partial charge in [0.05, 0.1) is 19.2 Å². The van der Waals surface area contributed by atoms with Crippen molar-refractivity contribution in [2.24, 2.45) is 23.9 Å². The molecule has 0 radical (unpaired) electrons. The molecule has 0 aromatic carbocycles. The van der Waals surface area contributed by atoms with Crippen LogP contribution in [-0.4, -0.2) is 59.9 Å².